The van der Waals surface area contributed by atoms with Crippen LogP contribution in [-0.2, 0) is 30.3 Å². The summed E-state index contributed by atoms with van der Waals surface area (Å²) < 4.78 is 4.85. The number of ether oxygens (including phenoxy) is 1. The highest BCUT2D eigenvalue weighted by Crippen LogP contribution is 2.04. The lowest BCUT2D eigenvalue weighted by Crippen LogP contribution is -2.53. The Morgan fingerprint density at radius 1 is 0.825 bits per heavy atom. The molecule has 5 amide bonds. The summed E-state index contributed by atoms with van der Waals surface area (Å²) in [6.45, 7) is 12.0. The first-order valence-electron chi connectivity index (χ1n) is 13.5. The zero-order valence-electron chi connectivity index (χ0n) is 24.7. The van der Waals surface area contributed by atoms with E-state index in [1.165, 1.54) is 0 Å². The molecular weight excluding hydrogens is 518 g/mol. The number of hydrogen-bond donors (Lipinski definition) is 7. The summed E-state index contributed by atoms with van der Waals surface area (Å²) in [6, 6.07) is 7.19. The summed E-state index contributed by atoms with van der Waals surface area (Å²) in [6.07, 6.45) is 0.365. The predicted octanol–water partition coefficient (Wildman–Crippen LogP) is 0.478. The van der Waals surface area contributed by atoms with Gasteiger partial charge in [0.15, 0.2) is 0 Å². The summed E-state index contributed by atoms with van der Waals surface area (Å²) in [4.78, 5) is 60.2. The van der Waals surface area contributed by atoms with Crippen molar-refractivity contribution in [3.05, 3.63) is 35.9 Å². The van der Waals surface area contributed by atoms with E-state index >= 15 is 0 Å². The molecule has 0 saturated carbocycles. The molecule has 0 fully saturated rings. The van der Waals surface area contributed by atoms with Crippen molar-refractivity contribution in [3.63, 3.8) is 0 Å². The van der Waals surface area contributed by atoms with Crippen molar-refractivity contribution in [2.75, 3.05) is 26.2 Å². The Morgan fingerprint density at radius 2 is 1.32 bits per heavy atom. The smallest absolute Gasteiger partial charge is 0.407 e. The molecule has 1 aromatic rings. The maximum absolute atomic E-state index is 12.7. The van der Waals surface area contributed by atoms with E-state index < -0.39 is 48.4 Å². The van der Waals surface area contributed by atoms with Gasteiger partial charge in [-0.1, -0.05) is 71.4 Å². The number of alkyl carbamates (subject to hydrolysis) is 1. The summed E-state index contributed by atoms with van der Waals surface area (Å²) in [7, 11) is 0. The number of amides is 5. The largest absolute Gasteiger partial charge is 0.450 e. The Kier molecular flexibility index (Phi) is 23.4. The van der Waals surface area contributed by atoms with Crippen LogP contribution in [0.25, 0.3) is 0 Å². The second-order valence-electron chi connectivity index (χ2n) is 9.16. The number of carbonyl (C=O) groups is 5. The van der Waals surface area contributed by atoms with Crippen LogP contribution in [-0.4, -0.2) is 68.0 Å². The van der Waals surface area contributed by atoms with Gasteiger partial charge in [0.25, 0.3) is 5.91 Å². The van der Waals surface area contributed by atoms with Gasteiger partial charge in [-0.15, -0.1) is 0 Å². The Balaban J connectivity index is 0. The van der Waals surface area contributed by atoms with Crippen molar-refractivity contribution >= 4 is 29.7 Å². The van der Waals surface area contributed by atoms with E-state index in [0.717, 1.165) is 18.0 Å². The first kappa shape index (κ1) is 38.4. The number of carbonyl (C=O) groups excluding carboxylic acids is 5. The van der Waals surface area contributed by atoms with Crippen molar-refractivity contribution in [1.82, 2.24) is 26.7 Å². The Labute approximate surface area is 237 Å². The van der Waals surface area contributed by atoms with E-state index in [1.54, 1.807) is 31.2 Å². The van der Waals surface area contributed by atoms with Gasteiger partial charge in [0.2, 0.25) is 17.7 Å². The van der Waals surface area contributed by atoms with Gasteiger partial charge in [0.05, 0.1) is 19.7 Å². The third kappa shape index (κ3) is 21.2. The molecule has 13 nitrogen and oxygen atoms in total. The molecular formula is C27H49N7O6. The van der Waals surface area contributed by atoms with E-state index in [0.29, 0.717) is 12.8 Å². The monoisotopic (exact) mass is 567 g/mol. The molecule has 0 heterocycles. The zero-order chi connectivity index (χ0) is 30.9. The summed E-state index contributed by atoms with van der Waals surface area (Å²) in [5.74, 6) is 3.48. The van der Waals surface area contributed by atoms with Crippen molar-refractivity contribution < 1.29 is 28.7 Å². The molecule has 0 aliphatic rings. The third-order valence-corrected chi connectivity index (χ3v) is 4.40. The molecule has 1 rings (SSSR count). The zero-order valence-corrected chi connectivity index (χ0v) is 24.7. The molecule has 0 aliphatic heterocycles. The van der Waals surface area contributed by atoms with Crippen LogP contribution >= 0.6 is 0 Å². The minimum atomic E-state index is -0.969. The van der Waals surface area contributed by atoms with Crippen molar-refractivity contribution in [2.45, 2.75) is 72.9 Å². The second kappa shape index (κ2) is 24.3. The topological polar surface area (TPSA) is 207 Å². The van der Waals surface area contributed by atoms with Crippen molar-refractivity contribution in [2.24, 2.45) is 17.5 Å². The minimum Gasteiger partial charge on any atom is -0.450 e. The quantitative estimate of drug-likeness (QED) is 0.101. The molecule has 9 N–H and O–H groups in total. The molecule has 2 atom stereocenters. The summed E-state index contributed by atoms with van der Waals surface area (Å²) in [5, 5.41) is 9.84. The number of benzene rings is 1. The van der Waals surface area contributed by atoms with Crippen LogP contribution in [0.3, 0.4) is 0 Å². The van der Waals surface area contributed by atoms with Crippen LogP contribution in [0.2, 0.25) is 0 Å². The lowest BCUT2D eigenvalue weighted by molar-refractivity contribution is -0.131. The Bertz CT molecular complexity index is 865. The van der Waals surface area contributed by atoms with Crippen molar-refractivity contribution in [3.8, 4) is 0 Å². The fraction of sp³-hybridized carbons (Fsp3) is 0.593. The fourth-order valence-corrected chi connectivity index (χ4v) is 2.81. The number of hydrazine groups is 1. The van der Waals surface area contributed by atoms with E-state index in [-0.39, 0.29) is 19.6 Å². The van der Waals surface area contributed by atoms with Gasteiger partial charge in [-0.3, -0.25) is 24.6 Å². The van der Waals surface area contributed by atoms with E-state index in [9.17, 15) is 24.0 Å². The molecule has 0 unspecified atom stereocenters. The van der Waals surface area contributed by atoms with E-state index in [4.69, 9.17) is 16.3 Å². The maximum atomic E-state index is 12.7. The first-order chi connectivity index (χ1) is 18.9. The van der Waals surface area contributed by atoms with E-state index in [1.807, 2.05) is 25.3 Å². The standard InChI is InChI=1S/C21H32N6O6.C4H10.C2H7N/c1-3-8-15(19(30)24-13-18(29)27-22)25-17(28)12-23-20(31)16(26-21(32)33-4-2)11-14-9-6-5-7-10-14;1-4(2)3;1-2-3/h5-7,9-10,15-16H,3-4,8,11-13,22H2,1-2H3,(H,23,31)(H,24,30)(H,25,28)(H,26,32)(H,27,29);4H,1-3H3;2-3H2,1H3/t15-,16-;;/m0../s1. The average molecular weight is 568 g/mol. The minimum absolute atomic E-state index is 0.141. The lowest BCUT2D eigenvalue weighted by Gasteiger charge is -2.20. The van der Waals surface area contributed by atoms with Crippen LogP contribution < -0.4 is 38.3 Å². The second-order valence-corrected chi connectivity index (χ2v) is 9.16. The molecule has 40 heavy (non-hydrogen) atoms. The normalized spacial score (nSPS) is 11.2. The van der Waals surface area contributed by atoms with Gasteiger partial charge < -0.3 is 31.7 Å². The summed E-state index contributed by atoms with van der Waals surface area (Å²) in [5.41, 5.74) is 7.54. The SMILES string of the molecule is CC(C)C.CCC[C@H](NC(=O)CNC(=O)[C@H](Cc1ccccc1)NC(=O)OCC)C(=O)NCC(=O)NN.CCN. The molecule has 13 heteroatoms. The van der Waals surface area contributed by atoms with Gasteiger partial charge in [-0.2, -0.15) is 0 Å². The first-order valence-corrected chi connectivity index (χ1v) is 13.5. The molecule has 0 aliphatic carbocycles. The average Bonchev–Trinajstić information content (AvgIpc) is 2.90. The molecule has 0 bridgehead atoms. The highest BCUT2D eigenvalue weighted by Gasteiger charge is 2.24. The highest BCUT2D eigenvalue weighted by molar-refractivity contribution is 5.93. The van der Waals surface area contributed by atoms with Gasteiger partial charge in [0, 0.05) is 6.42 Å². The van der Waals surface area contributed by atoms with Gasteiger partial charge >= 0.3 is 6.09 Å². The van der Waals surface area contributed by atoms with E-state index in [2.05, 4.69) is 42.0 Å². The number of nitrogens with one attached hydrogen (secondary N) is 5. The Morgan fingerprint density at radius 3 is 1.80 bits per heavy atom. The van der Waals surface area contributed by atoms with Crippen LogP contribution in [0, 0.1) is 5.92 Å². The molecule has 0 radical (unpaired) electrons. The molecule has 228 valence electrons. The molecule has 0 saturated heterocycles. The van der Waals surface area contributed by atoms with Crippen molar-refractivity contribution in [1.29, 1.82) is 0 Å². The fourth-order valence-electron chi connectivity index (χ4n) is 2.81. The lowest BCUT2D eigenvalue weighted by atomic mass is 10.1. The molecule has 0 aromatic heterocycles. The number of nitrogens with two attached hydrogens (primary N) is 2. The molecule has 1 aromatic carbocycles. The van der Waals surface area contributed by atoms with Crippen LogP contribution in [0.15, 0.2) is 30.3 Å². The molecule has 0 spiro atoms. The maximum Gasteiger partial charge on any atom is 0.407 e. The van der Waals surface area contributed by atoms with Gasteiger partial charge in [-0.25, -0.2) is 10.6 Å². The Hall–Kier alpha value is -3.71. The van der Waals surface area contributed by atoms with Gasteiger partial charge in [-0.05, 0) is 31.4 Å². The highest BCUT2D eigenvalue weighted by atomic mass is 16.5. The summed E-state index contributed by atoms with van der Waals surface area (Å²) >= 11 is 0. The number of hydrogen-bond acceptors (Lipinski definition) is 8. The third-order valence-electron chi connectivity index (χ3n) is 4.40. The van der Waals surface area contributed by atoms with Crippen LogP contribution in [0.4, 0.5) is 4.79 Å². The number of rotatable bonds is 13. The van der Waals surface area contributed by atoms with Gasteiger partial charge in [0.1, 0.15) is 12.1 Å². The predicted molar refractivity (Wildman–Crippen MR) is 155 cm³/mol. The van der Waals surface area contributed by atoms with Crippen LogP contribution in [0.5, 0.6) is 0 Å². The van der Waals surface area contributed by atoms with Crippen LogP contribution in [0.1, 0.15) is 59.9 Å².